The minimum absolute atomic E-state index is 0.244. The third-order valence-electron chi connectivity index (χ3n) is 3.12. The van der Waals surface area contributed by atoms with Gasteiger partial charge < -0.3 is 14.6 Å². The summed E-state index contributed by atoms with van der Waals surface area (Å²) < 4.78 is 7.46. The van der Waals surface area contributed by atoms with Crippen molar-refractivity contribution in [1.29, 1.82) is 0 Å². The molecule has 0 aliphatic carbocycles. The zero-order valence-corrected chi connectivity index (χ0v) is 10.8. The first-order valence-corrected chi connectivity index (χ1v) is 5.92. The van der Waals surface area contributed by atoms with Crippen molar-refractivity contribution in [2.24, 2.45) is 0 Å². The minimum Gasteiger partial charge on any atom is -0.497 e. The first-order chi connectivity index (χ1) is 8.21. The molecule has 0 spiro atoms. The van der Waals surface area contributed by atoms with E-state index < -0.39 is 0 Å². The van der Waals surface area contributed by atoms with Gasteiger partial charge in [0.15, 0.2) is 0 Å². The van der Waals surface area contributed by atoms with Gasteiger partial charge in [0.1, 0.15) is 11.6 Å². The van der Waals surface area contributed by atoms with Crippen LogP contribution in [0.25, 0.3) is 11.0 Å². The Labute approximate surface area is 102 Å². The number of rotatable bonds is 4. The van der Waals surface area contributed by atoms with Gasteiger partial charge in [-0.3, -0.25) is 0 Å². The zero-order valence-electron chi connectivity index (χ0n) is 10.8. The van der Waals surface area contributed by atoms with Crippen molar-refractivity contribution in [3.63, 3.8) is 0 Å². The van der Waals surface area contributed by atoms with Crippen LogP contribution in [-0.4, -0.2) is 23.7 Å². The lowest BCUT2D eigenvalue weighted by Gasteiger charge is -2.11. The van der Waals surface area contributed by atoms with Crippen LogP contribution in [-0.2, 0) is 6.54 Å². The molecule has 4 nitrogen and oxygen atoms in total. The lowest BCUT2D eigenvalue weighted by Crippen LogP contribution is -2.17. The Bertz CT molecular complexity index is 519. The number of fused-ring (bicyclic) bond motifs is 1. The molecule has 17 heavy (non-hydrogen) atoms. The van der Waals surface area contributed by atoms with Gasteiger partial charge in [-0.15, -0.1) is 0 Å². The van der Waals surface area contributed by atoms with Crippen LogP contribution in [0.2, 0.25) is 0 Å². The van der Waals surface area contributed by atoms with Gasteiger partial charge >= 0.3 is 0 Å². The van der Waals surface area contributed by atoms with Crippen LogP contribution < -0.4 is 10.1 Å². The molecular weight excluding hydrogens is 214 g/mol. The number of nitrogens with one attached hydrogen (secondary N) is 1. The minimum atomic E-state index is 0.244. The molecule has 0 fully saturated rings. The van der Waals surface area contributed by atoms with E-state index in [1.54, 1.807) is 7.11 Å². The van der Waals surface area contributed by atoms with Gasteiger partial charge in [0.25, 0.3) is 0 Å². The highest BCUT2D eigenvalue weighted by molar-refractivity contribution is 5.78. The summed E-state index contributed by atoms with van der Waals surface area (Å²) in [5.74, 6) is 1.92. The molecule has 0 bridgehead atoms. The van der Waals surface area contributed by atoms with Crippen LogP contribution in [0.4, 0.5) is 0 Å². The zero-order chi connectivity index (χ0) is 12.4. The van der Waals surface area contributed by atoms with Gasteiger partial charge in [0.05, 0.1) is 24.2 Å². The topological polar surface area (TPSA) is 39.1 Å². The normalized spacial score (nSPS) is 12.9. The van der Waals surface area contributed by atoms with Crippen LogP contribution in [0, 0.1) is 0 Å². The summed E-state index contributed by atoms with van der Waals surface area (Å²) in [7, 11) is 3.62. The second-order valence-electron chi connectivity index (χ2n) is 4.08. The van der Waals surface area contributed by atoms with E-state index in [2.05, 4.69) is 34.8 Å². The predicted molar refractivity (Wildman–Crippen MR) is 69.4 cm³/mol. The van der Waals surface area contributed by atoms with Gasteiger partial charge in [-0.1, -0.05) is 0 Å². The molecule has 0 aliphatic heterocycles. The predicted octanol–water partition coefficient (Wildman–Crippen LogP) is 2.35. The van der Waals surface area contributed by atoms with Crippen molar-refractivity contribution in [2.45, 2.75) is 26.4 Å². The summed E-state index contributed by atoms with van der Waals surface area (Å²) >= 11 is 0. The Morgan fingerprint density at radius 2 is 2.24 bits per heavy atom. The molecule has 0 saturated heterocycles. The molecule has 1 aromatic heterocycles. The fourth-order valence-corrected chi connectivity index (χ4v) is 2.05. The van der Waals surface area contributed by atoms with Crippen LogP contribution in [0.15, 0.2) is 18.2 Å². The third-order valence-corrected chi connectivity index (χ3v) is 3.12. The van der Waals surface area contributed by atoms with E-state index in [0.29, 0.717) is 0 Å². The Morgan fingerprint density at radius 3 is 2.82 bits per heavy atom. The van der Waals surface area contributed by atoms with Crippen molar-refractivity contribution in [1.82, 2.24) is 14.9 Å². The molecule has 1 unspecified atom stereocenters. The van der Waals surface area contributed by atoms with Gasteiger partial charge in [-0.2, -0.15) is 0 Å². The fraction of sp³-hybridized carbons (Fsp3) is 0.462. The molecule has 2 rings (SSSR count). The molecular formula is C13H19N3O. The number of methoxy groups -OCH3 is 1. The number of hydrogen-bond donors (Lipinski definition) is 1. The molecule has 0 aliphatic rings. The summed E-state index contributed by atoms with van der Waals surface area (Å²) in [5, 5.41) is 3.23. The summed E-state index contributed by atoms with van der Waals surface area (Å²) in [6, 6.07) is 6.27. The number of ether oxygens (including phenoxy) is 1. The number of aromatic nitrogens is 2. The number of nitrogens with zero attached hydrogens (tertiary/aromatic N) is 2. The van der Waals surface area contributed by atoms with E-state index >= 15 is 0 Å². The number of hydrogen-bond acceptors (Lipinski definition) is 3. The maximum atomic E-state index is 5.23. The Hall–Kier alpha value is -1.55. The van der Waals surface area contributed by atoms with Crippen LogP contribution in [0.1, 0.15) is 25.7 Å². The number of aryl methyl sites for hydroxylation is 1. The summed E-state index contributed by atoms with van der Waals surface area (Å²) in [6.07, 6.45) is 0. The second-order valence-corrected chi connectivity index (χ2v) is 4.08. The van der Waals surface area contributed by atoms with Gasteiger partial charge in [-0.05, 0) is 33.0 Å². The average molecular weight is 233 g/mol. The highest BCUT2D eigenvalue weighted by Crippen LogP contribution is 2.24. The summed E-state index contributed by atoms with van der Waals surface area (Å²) in [5.41, 5.74) is 2.15. The van der Waals surface area contributed by atoms with Crippen molar-refractivity contribution >= 4 is 11.0 Å². The lowest BCUT2D eigenvalue weighted by atomic mass is 10.3. The Morgan fingerprint density at radius 1 is 1.47 bits per heavy atom. The monoisotopic (exact) mass is 233 g/mol. The Kier molecular flexibility index (Phi) is 3.33. The standard InChI is InChI=1S/C13H19N3O/c1-5-16-12-7-6-10(17-4)8-11(12)15-13(16)9(2)14-3/h6-9,14H,5H2,1-4H3. The van der Waals surface area contributed by atoms with Gasteiger partial charge in [0, 0.05) is 12.6 Å². The van der Waals surface area contributed by atoms with Crippen molar-refractivity contribution in [2.75, 3.05) is 14.2 Å². The van der Waals surface area contributed by atoms with E-state index in [-0.39, 0.29) is 6.04 Å². The maximum Gasteiger partial charge on any atom is 0.126 e. The average Bonchev–Trinajstić information content (AvgIpc) is 2.74. The molecule has 2 aromatic rings. The third kappa shape index (κ3) is 2.00. The van der Waals surface area contributed by atoms with Crippen LogP contribution in [0.5, 0.6) is 5.75 Å². The van der Waals surface area contributed by atoms with E-state index in [0.717, 1.165) is 29.2 Å². The highest BCUT2D eigenvalue weighted by atomic mass is 16.5. The SMILES string of the molecule is CCn1c(C(C)NC)nc2cc(OC)ccc21. The quantitative estimate of drug-likeness (QED) is 0.881. The summed E-state index contributed by atoms with van der Waals surface area (Å²) in [6.45, 7) is 5.17. The van der Waals surface area contributed by atoms with Crippen molar-refractivity contribution in [3.8, 4) is 5.75 Å². The van der Waals surface area contributed by atoms with Crippen LogP contribution >= 0.6 is 0 Å². The molecule has 1 N–H and O–H groups in total. The molecule has 1 heterocycles. The molecule has 1 aromatic carbocycles. The molecule has 0 amide bonds. The van der Waals surface area contributed by atoms with Crippen molar-refractivity contribution in [3.05, 3.63) is 24.0 Å². The number of imidazole rings is 1. The molecule has 0 saturated carbocycles. The largest absolute Gasteiger partial charge is 0.497 e. The van der Waals surface area contributed by atoms with E-state index in [4.69, 9.17) is 4.74 Å². The van der Waals surface area contributed by atoms with E-state index in [1.807, 2.05) is 19.2 Å². The fourth-order valence-electron chi connectivity index (χ4n) is 2.05. The molecule has 0 radical (unpaired) electrons. The maximum absolute atomic E-state index is 5.23. The first-order valence-electron chi connectivity index (χ1n) is 5.92. The van der Waals surface area contributed by atoms with Crippen LogP contribution in [0.3, 0.4) is 0 Å². The first kappa shape index (κ1) is 11.9. The van der Waals surface area contributed by atoms with E-state index in [1.165, 1.54) is 0 Å². The lowest BCUT2D eigenvalue weighted by molar-refractivity contribution is 0.415. The molecule has 92 valence electrons. The smallest absolute Gasteiger partial charge is 0.126 e. The number of benzene rings is 1. The van der Waals surface area contributed by atoms with Gasteiger partial charge in [0.2, 0.25) is 0 Å². The summed E-state index contributed by atoms with van der Waals surface area (Å²) in [4.78, 5) is 4.68. The van der Waals surface area contributed by atoms with Gasteiger partial charge in [-0.25, -0.2) is 4.98 Å². The van der Waals surface area contributed by atoms with E-state index in [9.17, 15) is 0 Å². The molecule has 4 heteroatoms. The van der Waals surface area contributed by atoms with Crippen molar-refractivity contribution < 1.29 is 4.74 Å². The highest BCUT2D eigenvalue weighted by Gasteiger charge is 2.14. The Balaban J connectivity index is 2.61. The second kappa shape index (κ2) is 4.75. The molecule has 1 atom stereocenters.